The van der Waals surface area contributed by atoms with Crippen LogP contribution in [-0.2, 0) is 6.54 Å². The molecule has 1 N–H and O–H groups in total. The number of nitriles is 1. The van der Waals surface area contributed by atoms with Gasteiger partial charge < -0.3 is 5.32 Å². The molecule has 2 heterocycles. The lowest BCUT2D eigenvalue weighted by Crippen LogP contribution is -1.97. The van der Waals surface area contributed by atoms with Crippen molar-refractivity contribution >= 4 is 28.6 Å². The third kappa shape index (κ3) is 2.72. The van der Waals surface area contributed by atoms with Crippen LogP contribution in [0.15, 0.2) is 29.8 Å². The normalized spacial score (nSPS) is 9.75. The first kappa shape index (κ1) is 10.9. The minimum atomic E-state index is 0.467. The summed E-state index contributed by atoms with van der Waals surface area (Å²) >= 11 is 7.33. The van der Waals surface area contributed by atoms with Crippen molar-refractivity contribution in [3.63, 3.8) is 0 Å². The molecule has 0 spiro atoms. The molecule has 0 radical (unpaired) electrons. The molecule has 80 valence electrons. The van der Waals surface area contributed by atoms with Gasteiger partial charge in [-0.2, -0.15) is 5.26 Å². The van der Waals surface area contributed by atoms with Gasteiger partial charge in [0, 0.05) is 28.7 Å². The monoisotopic (exact) mass is 249 g/mol. The van der Waals surface area contributed by atoms with Crippen LogP contribution in [-0.4, -0.2) is 4.98 Å². The van der Waals surface area contributed by atoms with Crippen molar-refractivity contribution in [2.24, 2.45) is 0 Å². The lowest BCUT2D eigenvalue weighted by atomic mass is 10.3. The largest absolute Gasteiger partial charge is 0.380 e. The Morgan fingerprint density at radius 1 is 1.50 bits per heavy atom. The Labute approximate surface area is 102 Å². The summed E-state index contributed by atoms with van der Waals surface area (Å²) in [6.45, 7) is 0.687. The molecule has 0 unspecified atom stereocenters. The van der Waals surface area contributed by atoms with Gasteiger partial charge in [-0.15, -0.1) is 11.3 Å². The molecule has 0 fully saturated rings. The van der Waals surface area contributed by atoms with Crippen LogP contribution in [0.1, 0.15) is 10.4 Å². The van der Waals surface area contributed by atoms with Gasteiger partial charge in [0.25, 0.3) is 0 Å². The number of pyridine rings is 1. The zero-order chi connectivity index (χ0) is 11.4. The molecule has 2 rings (SSSR count). The van der Waals surface area contributed by atoms with Gasteiger partial charge in [0.15, 0.2) is 0 Å². The molecule has 5 heteroatoms. The quantitative estimate of drug-likeness (QED) is 0.850. The third-order valence-electron chi connectivity index (χ3n) is 1.98. The van der Waals surface area contributed by atoms with Crippen LogP contribution in [0.5, 0.6) is 0 Å². The number of aromatic nitrogens is 1. The summed E-state index contributed by atoms with van der Waals surface area (Å²) < 4.78 is 0. The molecule has 0 aliphatic carbocycles. The topological polar surface area (TPSA) is 48.7 Å². The summed E-state index contributed by atoms with van der Waals surface area (Å²) in [5.74, 6) is 0. The highest BCUT2D eigenvalue weighted by atomic mass is 35.5. The van der Waals surface area contributed by atoms with Gasteiger partial charge in [0.05, 0.1) is 5.56 Å². The van der Waals surface area contributed by atoms with Crippen LogP contribution in [0.25, 0.3) is 0 Å². The van der Waals surface area contributed by atoms with E-state index in [4.69, 9.17) is 16.9 Å². The number of anilines is 1. The Morgan fingerprint density at radius 3 is 3.06 bits per heavy atom. The highest BCUT2D eigenvalue weighted by Crippen LogP contribution is 2.17. The number of rotatable bonds is 3. The van der Waals surface area contributed by atoms with Crippen molar-refractivity contribution in [2.45, 2.75) is 6.54 Å². The fourth-order valence-electron chi connectivity index (χ4n) is 1.23. The minimum Gasteiger partial charge on any atom is -0.380 e. The van der Waals surface area contributed by atoms with E-state index in [1.165, 1.54) is 0 Å². The molecule has 2 aromatic rings. The lowest BCUT2D eigenvalue weighted by Gasteiger charge is -2.03. The molecule has 0 aliphatic heterocycles. The van der Waals surface area contributed by atoms with Gasteiger partial charge >= 0.3 is 0 Å². The number of hydrogen-bond acceptors (Lipinski definition) is 4. The second-order valence-electron chi connectivity index (χ2n) is 3.13. The Hall–Kier alpha value is -1.57. The molecule has 0 aliphatic rings. The predicted octanol–water partition coefficient (Wildman–Crippen LogP) is 3.28. The van der Waals surface area contributed by atoms with Crippen molar-refractivity contribution in [3.8, 4) is 6.07 Å². The molecule has 0 amide bonds. The number of nitrogens with one attached hydrogen (secondary N) is 1. The molecular formula is C11H8ClN3S. The molecular weight excluding hydrogens is 242 g/mol. The Balaban J connectivity index is 2.00. The fourth-order valence-corrected chi connectivity index (χ4v) is 2.16. The number of thiophene rings is 1. The first-order valence-corrected chi connectivity index (χ1v) is 5.86. The van der Waals surface area contributed by atoms with Crippen LogP contribution >= 0.6 is 22.9 Å². The first-order chi connectivity index (χ1) is 7.78. The molecule has 0 saturated heterocycles. The summed E-state index contributed by atoms with van der Waals surface area (Å²) in [5, 5.41) is 14.2. The van der Waals surface area contributed by atoms with Crippen LogP contribution < -0.4 is 5.32 Å². The molecule has 0 saturated carbocycles. The second-order valence-corrected chi connectivity index (χ2v) is 4.52. The van der Waals surface area contributed by atoms with E-state index in [1.54, 1.807) is 23.6 Å². The van der Waals surface area contributed by atoms with E-state index >= 15 is 0 Å². The lowest BCUT2D eigenvalue weighted by molar-refractivity contribution is 1.18. The van der Waals surface area contributed by atoms with Crippen molar-refractivity contribution < 1.29 is 0 Å². The smallest absolute Gasteiger partial charge is 0.131 e. The summed E-state index contributed by atoms with van der Waals surface area (Å²) in [7, 11) is 0. The van der Waals surface area contributed by atoms with E-state index in [2.05, 4.69) is 16.4 Å². The number of halogens is 1. The van der Waals surface area contributed by atoms with E-state index < -0.39 is 0 Å². The highest BCUT2D eigenvalue weighted by molar-refractivity contribution is 7.10. The Morgan fingerprint density at radius 2 is 2.38 bits per heavy atom. The number of nitrogens with zero attached hydrogens (tertiary/aromatic N) is 2. The van der Waals surface area contributed by atoms with Gasteiger partial charge in [-0.3, -0.25) is 0 Å². The van der Waals surface area contributed by atoms with Crippen LogP contribution in [0.2, 0.25) is 5.15 Å². The van der Waals surface area contributed by atoms with Gasteiger partial charge in [-0.25, -0.2) is 4.98 Å². The fraction of sp³-hybridized carbons (Fsp3) is 0.0909. The minimum absolute atomic E-state index is 0.467. The second kappa shape index (κ2) is 4.97. The molecule has 0 aromatic carbocycles. The zero-order valence-corrected chi connectivity index (χ0v) is 9.85. The summed E-state index contributed by atoms with van der Waals surface area (Å²) in [5.41, 5.74) is 1.63. The van der Waals surface area contributed by atoms with E-state index in [0.717, 1.165) is 10.6 Å². The van der Waals surface area contributed by atoms with Crippen LogP contribution in [0, 0.1) is 11.3 Å². The van der Waals surface area contributed by atoms with Gasteiger partial charge in [-0.05, 0) is 18.2 Å². The van der Waals surface area contributed by atoms with E-state index in [-0.39, 0.29) is 0 Å². The maximum absolute atomic E-state index is 8.68. The van der Waals surface area contributed by atoms with E-state index in [9.17, 15) is 0 Å². The number of hydrogen-bond donors (Lipinski definition) is 1. The molecule has 3 nitrogen and oxygen atoms in total. The highest BCUT2D eigenvalue weighted by Gasteiger charge is 1.99. The molecule has 2 aromatic heterocycles. The van der Waals surface area contributed by atoms with Gasteiger partial charge in [0.2, 0.25) is 0 Å². The molecule has 0 bridgehead atoms. The van der Waals surface area contributed by atoms with E-state index in [0.29, 0.717) is 17.3 Å². The first-order valence-electron chi connectivity index (χ1n) is 4.61. The van der Waals surface area contributed by atoms with Crippen molar-refractivity contribution in [1.82, 2.24) is 4.98 Å². The van der Waals surface area contributed by atoms with Crippen molar-refractivity contribution in [3.05, 3.63) is 45.4 Å². The summed E-state index contributed by atoms with van der Waals surface area (Å²) in [6.07, 6.45) is 1.65. The van der Waals surface area contributed by atoms with Crippen molar-refractivity contribution in [2.75, 3.05) is 5.32 Å². The average molecular weight is 250 g/mol. The van der Waals surface area contributed by atoms with E-state index in [1.807, 2.05) is 17.5 Å². The van der Waals surface area contributed by atoms with Gasteiger partial charge in [0.1, 0.15) is 11.2 Å². The van der Waals surface area contributed by atoms with Crippen LogP contribution in [0.3, 0.4) is 0 Å². The standard InChI is InChI=1S/C11H8ClN3S/c12-11-4-9(1-2-14-11)15-6-10-3-8(5-13)7-16-10/h1-4,7H,6H2,(H,14,15). The predicted molar refractivity (Wildman–Crippen MR) is 65.6 cm³/mol. The van der Waals surface area contributed by atoms with Crippen molar-refractivity contribution in [1.29, 1.82) is 5.26 Å². The zero-order valence-electron chi connectivity index (χ0n) is 8.27. The maximum Gasteiger partial charge on any atom is 0.131 e. The summed E-state index contributed by atoms with van der Waals surface area (Å²) in [6, 6.07) is 7.60. The molecule has 16 heavy (non-hydrogen) atoms. The SMILES string of the molecule is N#Cc1csc(CNc2ccnc(Cl)c2)c1. The summed E-state index contributed by atoms with van der Waals surface area (Å²) in [4.78, 5) is 5.01. The maximum atomic E-state index is 8.68. The Kier molecular flexibility index (Phi) is 3.40. The van der Waals surface area contributed by atoms with Crippen LogP contribution in [0.4, 0.5) is 5.69 Å². The van der Waals surface area contributed by atoms with Gasteiger partial charge in [-0.1, -0.05) is 11.6 Å². The molecule has 0 atom stereocenters. The third-order valence-corrected chi connectivity index (χ3v) is 3.12. The average Bonchev–Trinajstić information content (AvgIpc) is 2.74. The Bertz CT molecular complexity index is 530.